The Kier molecular flexibility index (Phi) is 8.58. The van der Waals surface area contributed by atoms with Crippen LogP contribution in [0.5, 0.6) is 5.75 Å². The molecule has 0 spiro atoms. The monoisotopic (exact) mass is 644 g/mol. The second-order valence-corrected chi connectivity index (χ2v) is 11.8. The zero-order valence-electron chi connectivity index (χ0n) is 26.5. The van der Waals surface area contributed by atoms with Crippen molar-refractivity contribution in [3.8, 4) is 22.7 Å². The lowest BCUT2D eigenvalue weighted by atomic mass is 9.98. The average molecular weight is 645 g/mol. The summed E-state index contributed by atoms with van der Waals surface area (Å²) in [6, 6.07) is 6.39. The van der Waals surface area contributed by atoms with E-state index < -0.39 is 41.5 Å². The summed E-state index contributed by atoms with van der Waals surface area (Å²) >= 11 is 0. The van der Waals surface area contributed by atoms with E-state index in [1.807, 2.05) is 25.7 Å². The van der Waals surface area contributed by atoms with Crippen molar-refractivity contribution < 1.29 is 27.8 Å². The number of carbonyl (C=O) groups is 2. The number of nitrogens with zero attached hydrogens (tertiary/aromatic N) is 6. The number of carbonyl (C=O) groups excluding carboxylic acids is 2. The van der Waals surface area contributed by atoms with E-state index in [9.17, 15) is 14.4 Å². The Balaban J connectivity index is 1.73. The van der Waals surface area contributed by atoms with Crippen LogP contribution in [-0.2, 0) is 14.3 Å². The van der Waals surface area contributed by atoms with Gasteiger partial charge in [0.05, 0.1) is 22.3 Å². The molecule has 0 N–H and O–H groups in total. The van der Waals surface area contributed by atoms with E-state index >= 15 is 8.78 Å². The van der Waals surface area contributed by atoms with E-state index in [2.05, 4.69) is 21.5 Å². The number of ketones is 1. The lowest BCUT2D eigenvalue weighted by molar-refractivity contribution is -0.132. The number of fused-ring (bicyclic) bond motifs is 5. The maximum absolute atomic E-state index is 16.3. The van der Waals surface area contributed by atoms with Crippen LogP contribution >= 0.6 is 0 Å². The molecular formula is C34H34F2N6O5. The fourth-order valence-electron chi connectivity index (χ4n) is 6.27. The Bertz CT molecular complexity index is 1980. The first-order valence-corrected chi connectivity index (χ1v) is 15.4. The van der Waals surface area contributed by atoms with Crippen LogP contribution in [0.2, 0.25) is 0 Å². The molecular weight excluding hydrogens is 610 g/mol. The molecule has 5 heterocycles. The predicted octanol–water partition coefficient (Wildman–Crippen LogP) is 4.51. The second kappa shape index (κ2) is 12.6. The molecule has 2 aliphatic rings. The summed E-state index contributed by atoms with van der Waals surface area (Å²) in [6.45, 7) is 11.5. The van der Waals surface area contributed by atoms with Crippen LogP contribution in [0, 0.1) is 11.6 Å². The summed E-state index contributed by atoms with van der Waals surface area (Å²) in [5, 5.41) is 0.167. The number of pyridine rings is 2. The Hall–Kier alpha value is -5.04. The van der Waals surface area contributed by atoms with E-state index in [-0.39, 0.29) is 64.9 Å². The highest BCUT2D eigenvalue weighted by Gasteiger charge is 2.34. The number of hydrogen-bond donors (Lipinski definition) is 0. The first kappa shape index (κ1) is 31.9. The molecule has 11 nitrogen and oxygen atoms in total. The van der Waals surface area contributed by atoms with Crippen LogP contribution in [0.15, 0.2) is 54.0 Å². The Labute approximate surface area is 269 Å². The number of benzene rings is 1. The molecule has 2 atom stereocenters. The maximum atomic E-state index is 16.3. The van der Waals surface area contributed by atoms with Gasteiger partial charge in [-0.2, -0.15) is 4.98 Å². The van der Waals surface area contributed by atoms with Crippen molar-refractivity contribution in [1.82, 2.24) is 24.4 Å². The normalized spacial score (nSPS) is 18.0. The van der Waals surface area contributed by atoms with Crippen molar-refractivity contribution in [2.45, 2.75) is 45.8 Å². The van der Waals surface area contributed by atoms with Gasteiger partial charge in [-0.05, 0) is 50.1 Å². The minimum atomic E-state index is -1.19. The first-order valence-electron chi connectivity index (χ1n) is 15.4. The van der Waals surface area contributed by atoms with Gasteiger partial charge in [-0.1, -0.05) is 26.5 Å². The Morgan fingerprint density at radius 1 is 1.17 bits per heavy atom. The summed E-state index contributed by atoms with van der Waals surface area (Å²) < 4.78 is 44.8. The molecule has 3 aromatic heterocycles. The van der Waals surface area contributed by atoms with Gasteiger partial charge in [-0.25, -0.2) is 23.1 Å². The van der Waals surface area contributed by atoms with Crippen LogP contribution in [0.4, 0.5) is 14.6 Å². The SMILES string of the molecule is C=CC(=O)N1CCN(c2nc(=O)n3c4nc(c(F)cc24)-c2c(F)cccc2OCC(=O)[C@@H](OCC)c2ccnc(C(C)C)c2-3)[C@@H](C)C1. The van der Waals surface area contributed by atoms with Crippen molar-refractivity contribution in [2.24, 2.45) is 0 Å². The number of halogens is 2. The first-order chi connectivity index (χ1) is 22.5. The van der Waals surface area contributed by atoms with E-state index in [0.717, 1.165) is 6.07 Å². The maximum Gasteiger partial charge on any atom is 0.355 e. The van der Waals surface area contributed by atoms with Gasteiger partial charge < -0.3 is 19.3 Å². The number of rotatable bonds is 5. The van der Waals surface area contributed by atoms with Crippen LogP contribution in [0.25, 0.3) is 28.0 Å². The molecule has 1 saturated heterocycles. The Morgan fingerprint density at radius 3 is 2.66 bits per heavy atom. The van der Waals surface area contributed by atoms with Crippen LogP contribution in [0.3, 0.4) is 0 Å². The summed E-state index contributed by atoms with van der Waals surface area (Å²) in [5.74, 6) is -2.64. The van der Waals surface area contributed by atoms with E-state index in [1.165, 1.54) is 35.0 Å². The molecule has 2 bridgehead atoms. The third-order valence-corrected chi connectivity index (χ3v) is 8.43. The lowest BCUT2D eigenvalue weighted by Crippen LogP contribution is -2.54. The zero-order chi connectivity index (χ0) is 33.6. The number of aromatic nitrogens is 4. The van der Waals surface area contributed by atoms with Gasteiger partial charge in [0, 0.05) is 44.0 Å². The molecule has 0 saturated carbocycles. The smallest absolute Gasteiger partial charge is 0.355 e. The summed E-state index contributed by atoms with van der Waals surface area (Å²) in [6.07, 6.45) is 1.58. The molecule has 13 heteroatoms. The van der Waals surface area contributed by atoms with Gasteiger partial charge in [0.15, 0.2) is 11.5 Å². The number of piperazine rings is 1. The minimum absolute atomic E-state index is 0.0261. The summed E-state index contributed by atoms with van der Waals surface area (Å²) in [5.41, 5.74) is -0.508. The van der Waals surface area contributed by atoms with Crippen LogP contribution in [-0.4, -0.2) is 75.0 Å². The van der Waals surface area contributed by atoms with Gasteiger partial charge in [-0.15, -0.1) is 0 Å². The predicted molar refractivity (Wildman–Crippen MR) is 171 cm³/mol. The highest BCUT2D eigenvalue weighted by Crippen LogP contribution is 2.39. The summed E-state index contributed by atoms with van der Waals surface area (Å²) in [4.78, 5) is 57.6. The van der Waals surface area contributed by atoms with Crippen molar-refractivity contribution >= 4 is 28.5 Å². The van der Waals surface area contributed by atoms with Crippen LogP contribution in [0.1, 0.15) is 51.0 Å². The molecule has 1 amide bonds. The standard InChI is InChI=1S/C34H34F2N6O5/c1-6-26(44)40-13-14-41(19(5)16-40)32-21-15-23(36)29-27-22(35)9-8-10-25(27)47-17-24(43)31(46-7-2)20-11-12-37-28(18(3)4)30(20)42(33(21)38-29)34(45)39-32/h6,8-12,15,18-19,31H,1,7,13-14,16-17H2,2-5H3/t19-,31-/m0/s1. The fourth-order valence-corrected chi connectivity index (χ4v) is 6.27. The van der Waals surface area contributed by atoms with Crippen molar-refractivity contribution in [3.05, 3.63) is 82.6 Å². The molecule has 4 aromatic rings. The van der Waals surface area contributed by atoms with Gasteiger partial charge in [0.1, 0.15) is 35.8 Å². The fraction of sp³-hybridized carbons (Fsp3) is 0.353. The van der Waals surface area contributed by atoms with Crippen molar-refractivity contribution in [2.75, 3.05) is 37.7 Å². The molecule has 2 aliphatic heterocycles. The number of ether oxygens (including phenoxy) is 2. The largest absolute Gasteiger partial charge is 0.485 e. The molecule has 0 radical (unpaired) electrons. The van der Waals surface area contributed by atoms with E-state index in [1.54, 1.807) is 17.9 Å². The van der Waals surface area contributed by atoms with Crippen LogP contribution < -0.4 is 15.3 Å². The highest BCUT2D eigenvalue weighted by molar-refractivity contribution is 5.93. The van der Waals surface area contributed by atoms with Crippen molar-refractivity contribution in [1.29, 1.82) is 0 Å². The average Bonchev–Trinajstić information content (AvgIpc) is 3.05. The topological polar surface area (TPSA) is 120 Å². The van der Waals surface area contributed by atoms with Gasteiger partial charge in [0.2, 0.25) is 11.7 Å². The van der Waals surface area contributed by atoms with Gasteiger partial charge in [0.25, 0.3) is 0 Å². The molecule has 1 fully saturated rings. The van der Waals surface area contributed by atoms with Gasteiger partial charge in [-0.3, -0.25) is 14.6 Å². The summed E-state index contributed by atoms with van der Waals surface area (Å²) in [7, 11) is 0. The van der Waals surface area contributed by atoms with Gasteiger partial charge >= 0.3 is 5.69 Å². The molecule has 6 rings (SSSR count). The number of anilines is 1. The molecule has 244 valence electrons. The third kappa shape index (κ3) is 5.54. The Morgan fingerprint density at radius 2 is 1.96 bits per heavy atom. The lowest BCUT2D eigenvalue weighted by Gasteiger charge is -2.40. The number of amides is 1. The van der Waals surface area contributed by atoms with Crippen molar-refractivity contribution in [3.63, 3.8) is 0 Å². The molecule has 1 aromatic carbocycles. The third-order valence-electron chi connectivity index (χ3n) is 8.43. The van der Waals surface area contributed by atoms with E-state index in [0.29, 0.717) is 24.3 Å². The van der Waals surface area contributed by atoms with E-state index in [4.69, 9.17) is 9.47 Å². The molecule has 0 unspecified atom stereocenters. The minimum Gasteiger partial charge on any atom is -0.485 e. The second-order valence-electron chi connectivity index (χ2n) is 11.8. The zero-order valence-corrected chi connectivity index (χ0v) is 26.5. The molecule has 47 heavy (non-hydrogen) atoms. The quantitative estimate of drug-likeness (QED) is 0.289. The molecule has 0 aliphatic carbocycles. The number of hydrogen-bond acceptors (Lipinski definition) is 9. The number of Topliss-reactive ketones (excluding diaryl/α,β-unsaturated/α-hetero) is 1. The highest BCUT2D eigenvalue weighted by atomic mass is 19.1.